The highest BCUT2D eigenvalue weighted by Gasteiger charge is 2.27. The van der Waals surface area contributed by atoms with Crippen LogP contribution in [-0.2, 0) is 17.6 Å². The first-order valence-electron chi connectivity index (χ1n) is 11.5. The lowest BCUT2D eigenvalue weighted by Crippen LogP contribution is -2.15. The second-order valence-electron chi connectivity index (χ2n) is 7.88. The molecule has 1 heterocycles. The zero-order chi connectivity index (χ0) is 22.1. The van der Waals surface area contributed by atoms with Gasteiger partial charge in [-0.15, -0.1) is 11.3 Å². The third kappa shape index (κ3) is 6.33. The number of esters is 1. The van der Waals surface area contributed by atoms with Crippen molar-refractivity contribution in [1.29, 1.82) is 0 Å². The van der Waals surface area contributed by atoms with Crippen LogP contribution < -0.4 is 10.1 Å². The fourth-order valence-corrected chi connectivity index (χ4v) is 5.12. The van der Waals surface area contributed by atoms with Crippen molar-refractivity contribution in [3.8, 4) is 5.75 Å². The molecule has 3 rings (SSSR count). The van der Waals surface area contributed by atoms with Crippen molar-refractivity contribution in [3.63, 3.8) is 0 Å². The van der Waals surface area contributed by atoms with Crippen molar-refractivity contribution in [1.82, 2.24) is 0 Å². The number of ether oxygens (including phenoxy) is 2. The zero-order valence-electron chi connectivity index (χ0n) is 18.6. The molecule has 5 nitrogen and oxygen atoms in total. The van der Waals surface area contributed by atoms with Gasteiger partial charge in [-0.2, -0.15) is 0 Å². The van der Waals surface area contributed by atoms with Crippen molar-refractivity contribution in [2.45, 2.75) is 71.6 Å². The maximum atomic E-state index is 12.8. The molecular weight excluding hydrogens is 410 g/mol. The number of thiophene rings is 1. The smallest absolute Gasteiger partial charge is 0.341 e. The molecule has 1 aromatic carbocycles. The molecule has 0 fully saturated rings. The minimum Gasteiger partial charge on any atom is -0.494 e. The fraction of sp³-hybridized carbons (Fsp3) is 0.520. The first kappa shape index (κ1) is 23.3. The summed E-state index contributed by atoms with van der Waals surface area (Å²) in [6.07, 6.45) is 9.97. The number of nitrogens with one attached hydrogen (secondary N) is 1. The number of rotatable bonds is 11. The van der Waals surface area contributed by atoms with Gasteiger partial charge in [-0.3, -0.25) is 4.79 Å². The van der Waals surface area contributed by atoms with Gasteiger partial charge in [-0.1, -0.05) is 32.6 Å². The lowest BCUT2D eigenvalue weighted by molar-refractivity contribution is 0.0526. The molecule has 2 aromatic rings. The van der Waals surface area contributed by atoms with E-state index in [9.17, 15) is 9.59 Å². The topological polar surface area (TPSA) is 64.6 Å². The summed E-state index contributed by atoms with van der Waals surface area (Å²) in [5, 5.41) is 3.55. The first-order valence-corrected chi connectivity index (χ1v) is 12.3. The Morgan fingerprint density at radius 2 is 1.74 bits per heavy atom. The Hall–Kier alpha value is -2.34. The van der Waals surface area contributed by atoms with E-state index in [1.165, 1.54) is 41.9 Å². The highest BCUT2D eigenvalue weighted by atomic mass is 32.1. The maximum Gasteiger partial charge on any atom is 0.341 e. The van der Waals surface area contributed by atoms with Gasteiger partial charge in [0.25, 0.3) is 5.91 Å². The Kier molecular flexibility index (Phi) is 8.95. The molecule has 1 aliphatic carbocycles. The minimum absolute atomic E-state index is 0.227. The van der Waals surface area contributed by atoms with Crippen LogP contribution in [0.4, 0.5) is 5.00 Å². The highest BCUT2D eigenvalue weighted by molar-refractivity contribution is 7.17. The first-order chi connectivity index (χ1) is 15.1. The van der Waals surface area contributed by atoms with Gasteiger partial charge in [0, 0.05) is 10.4 Å². The maximum absolute atomic E-state index is 12.8. The highest BCUT2D eigenvalue weighted by Crippen LogP contribution is 2.38. The van der Waals surface area contributed by atoms with E-state index in [2.05, 4.69) is 12.2 Å². The summed E-state index contributed by atoms with van der Waals surface area (Å²) in [6, 6.07) is 7.18. The number of aryl methyl sites for hydroxylation is 1. The van der Waals surface area contributed by atoms with Crippen LogP contribution in [0, 0.1) is 0 Å². The molecule has 0 aliphatic heterocycles. The number of fused-ring (bicyclic) bond motifs is 1. The van der Waals surface area contributed by atoms with Crippen LogP contribution in [0.1, 0.15) is 89.9 Å². The summed E-state index contributed by atoms with van der Waals surface area (Å²) in [5.41, 5.74) is 2.13. The quantitative estimate of drug-likeness (QED) is 0.322. The van der Waals surface area contributed by atoms with Gasteiger partial charge in [0.15, 0.2) is 0 Å². The van der Waals surface area contributed by atoms with Crippen molar-refractivity contribution >= 4 is 28.2 Å². The predicted molar refractivity (Wildman–Crippen MR) is 126 cm³/mol. The van der Waals surface area contributed by atoms with Gasteiger partial charge >= 0.3 is 5.97 Å². The number of anilines is 1. The molecule has 0 bridgehead atoms. The van der Waals surface area contributed by atoms with E-state index in [0.717, 1.165) is 43.4 Å². The van der Waals surface area contributed by atoms with Crippen LogP contribution in [0.2, 0.25) is 0 Å². The van der Waals surface area contributed by atoms with Crippen molar-refractivity contribution in [3.05, 3.63) is 45.8 Å². The average Bonchev–Trinajstić information content (AvgIpc) is 3.14. The summed E-state index contributed by atoms with van der Waals surface area (Å²) < 4.78 is 11.0. The average molecular weight is 444 g/mol. The van der Waals surface area contributed by atoms with Crippen LogP contribution in [0.5, 0.6) is 5.75 Å². The molecule has 6 heteroatoms. The molecule has 0 spiro atoms. The Morgan fingerprint density at radius 1 is 1.00 bits per heavy atom. The van der Waals surface area contributed by atoms with Crippen LogP contribution in [0.25, 0.3) is 0 Å². The molecule has 1 aromatic heterocycles. The minimum atomic E-state index is -0.347. The van der Waals surface area contributed by atoms with Gasteiger partial charge in [0.2, 0.25) is 0 Å². The van der Waals surface area contributed by atoms with Crippen molar-refractivity contribution < 1.29 is 19.1 Å². The zero-order valence-corrected chi connectivity index (χ0v) is 19.4. The Morgan fingerprint density at radius 3 is 2.48 bits per heavy atom. The monoisotopic (exact) mass is 443 g/mol. The van der Waals surface area contributed by atoms with Gasteiger partial charge in [-0.25, -0.2) is 4.79 Å². The van der Waals surface area contributed by atoms with E-state index >= 15 is 0 Å². The molecule has 31 heavy (non-hydrogen) atoms. The van der Waals surface area contributed by atoms with E-state index in [4.69, 9.17) is 9.47 Å². The van der Waals surface area contributed by atoms with Crippen molar-refractivity contribution in [2.75, 3.05) is 18.5 Å². The molecule has 0 unspecified atom stereocenters. The molecular formula is C25H33NO4S. The van der Waals surface area contributed by atoms with E-state index < -0.39 is 0 Å². The van der Waals surface area contributed by atoms with Gasteiger partial charge in [0.05, 0.1) is 18.8 Å². The number of carbonyl (C=O) groups is 2. The summed E-state index contributed by atoms with van der Waals surface area (Å²) >= 11 is 1.50. The Balaban J connectivity index is 1.62. The van der Waals surface area contributed by atoms with E-state index in [-0.39, 0.29) is 11.9 Å². The summed E-state index contributed by atoms with van der Waals surface area (Å²) in [5.74, 6) is 0.195. The SMILES string of the molecule is CCCCCCCOc1ccc(C(=O)Nc2sc3c(c2C(=O)OCC)CCCC3)cc1. The molecule has 0 saturated carbocycles. The van der Waals surface area contributed by atoms with E-state index in [1.54, 1.807) is 19.1 Å². The number of benzene rings is 1. The summed E-state index contributed by atoms with van der Waals surface area (Å²) in [6.45, 7) is 5.01. The lowest BCUT2D eigenvalue weighted by atomic mass is 9.95. The molecule has 168 valence electrons. The van der Waals surface area contributed by atoms with Crippen molar-refractivity contribution in [2.24, 2.45) is 0 Å². The van der Waals surface area contributed by atoms with Crippen LogP contribution in [0.15, 0.2) is 24.3 Å². The summed E-state index contributed by atoms with van der Waals surface area (Å²) in [7, 11) is 0. The van der Waals surface area contributed by atoms with Gasteiger partial charge in [0.1, 0.15) is 10.8 Å². The molecule has 0 saturated heterocycles. The molecule has 1 amide bonds. The number of amides is 1. The largest absolute Gasteiger partial charge is 0.494 e. The molecule has 0 atom stereocenters. The van der Waals surface area contributed by atoms with Gasteiger partial charge < -0.3 is 14.8 Å². The normalized spacial score (nSPS) is 12.8. The van der Waals surface area contributed by atoms with Gasteiger partial charge in [-0.05, 0) is 68.9 Å². The third-order valence-electron chi connectivity index (χ3n) is 5.51. The number of carbonyl (C=O) groups excluding carboxylic acids is 2. The molecule has 1 N–H and O–H groups in total. The Bertz CT molecular complexity index is 872. The fourth-order valence-electron chi connectivity index (χ4n) is 3.85. The van der Waals surface area contributed by atoms with E-state index in [1.807, 2.05) is 12.1 Å². The summed E-state index contributed by atoms with van der Waals surface area (Å²) in [4.78, 5) is 26.6. The second kappa shape index (κ2) is 11.9. The number of hydrogen-bond acceptors (Lipinski definition) is 5. The van der Waals surface area contributed by atoms with Crippen LogP contribution in [0.3, 0.4) is 0 Å². The number of hydrogen-bond donors (Lipinski definition) is 1. The van der Waals surface area contributed by atoms with Crippen LogP contribution >= 0.6 is 11.3 Å². The lowest BCUT2D eigenvalue weighted by Gasteiger charge is -2.12. The number of unbranched alkanes of at least 4 members (excludes halogenated alkanes) is 4. The molecule has 1 aliphatic rings. The third-order valence-corrected chi connectivity index (χ3v) is 6.72. The standard InChI is InChI=1S/C25H33NO4S/c1-3-5-6-7-10-17-30-19-15-13-18(14-16-19)23(27)26-24-22(25(28)29-4-2)20-11-8-9-12-21(20)31-24/h13-16H,3-12,17H2,1-2H3,(H,26,27). The predicted octanol–water partition coefficient (Wildman–Crippen LogP) is 6.41. The Labute approximate surface area is 189 Å². The van der Waals surface area contributed by atoms with Crippen LogP contribution in [-0.4, -0.2) is 25.1 Å². The second-order valence-corrected chi connectivity index (χ2v) is 8.98. The van der Waals surface area contributed by atoms with E-state index in [0.29, 0.717) is 29.3 Å². The molecule has 0 radical (unpaired) electrons.